The number of hydrogen-bond acceptors (Lipinski definition) is 2. The zero-order valence-electron chi connectivity index (χ0n) is 11.9. The fraction of sp³-hybridized carbons (Fsp3) is 0.471. The highest BCUT2D eigenvalue weighted by Crippen LogP contribution is 2.22. The van der Waals surface area contributed by atoms with Crippen LogP contribution in [0.5, 0.6) is 5.75 Å². The predicted octanol–water partition coefficient (Wildman–Crippen LogP) is 4.96. The minimum Gasteiger partial charge on any atom is -0.483 e. The molecule has 1 atom stereocenters. The standard InChI is InChI=1S/C17H21ClO2/c1-13(20-16-11-7-10-15(18)12-16)17(19)14-8-5-3-2-4-6-9-14/h7-8,10-13H,2-6,9H2,1H3/b14-8+. The molecule has 1 aliphatic rings. The summed E-state index contributed by atoms with van der Waals surface area (Å²) in [6, 6.07) is 7.17. The van der Waals surface area contributed by atoms with Gasteiger partial charge in [0.15, 0.2) is 11.9 Å². The van der Waals surface area contributed by atoms with Gasteiger partial charge in [0.25, 0.3) is 0 Å². The predicted molar refractivity (Wildman–Crippen MR) is 82.3 cm³/mol. The number of hydrogen-bond donors (Lipinski definition) is 0. The lowest BCUT2D eigenvalue weighted by Crippen LogP contribution is -2.25. The largest absolute Gasteiger partial charge is 0.483 e. The van der Waals surface area contributed by atoms with Gasteiger partial charge < -0.3 is 4.74 Å². The van der Waals surface area contributed by atoms with E-state index in [4.69, 9.17) is 16.3 Å². The van der Waals surface area contributed by atoms with E-state index in [1.54, 1.807) is 12.1 Å². The molecule has 0 fully saturated rings. The average molecular weight is 293 g/mol. The van der Waals surface area contributed by atoms with Gasteiger partial charge in [-0.1, -0.05) is 36.6 Å². The number of Topliss-reactive ketones (excluding diaryl/α,β-unsaturated/α-hetero) is 1. The third-order valence-corrected chi connectivity index (χ3v) is 3.82. The Labute approximate surface area is 125 Å². The summed E-state index contributed by atoms with van der Waals surface area (Å²) in [5.74, 6) is 0.747. The lowest BCUT2D eigenvalue weighted by Gasteiger charge is -2.17. The van der Waals surface area contributed by atoms with Crippen LogP contribution in [0.25, 0.3) is 0 Å². The van der Waals surface area contributed by atoms with Crippen molar-refractivity contribution in [2.75, 3.05) is 0 Å². The fourth-order valence-corrected chi connectivity index (χ4v) is 2.65. The summed E-state index contributed by atoms with van der Waals surface area (Å²) in [6.07, 6.45) is 8.29. The molecule has 0 heterocycles. The average Bonchev–Trinajstić information content (AvgIpc) is 2.37. The Morgan fingerprint density at radius 2 is 2.05 bits per heavy atom. The number of halogens is 1. The van der Waals surface area contributed by atoms with Gasteiger partial charge in [-0.2, -0.15) is 0 Å². The van der Waals surface area contributed by atoms with Crippen molar-refractivity contribution in [3.63, 3.8) is 0 Å². The van der Waals surface area contributed by atoms with E-state index in [0.29, 0.717) is 10.8 Å². The first kappa shape index (κ1) is 15.1. The SMILES string of the molecule is CC(Oc1cccc(Cl)c1)C(=O)/C1=C/CCCCCC1. The number of ether oxygens (including phenoxy) is 1. The van der Waals surface area contributed by atoms with Crippen molar-refractivity contribution in [2.45, 2.75) is 51.6 Å². The van der Waals surface area contributed by atoms with Crippen LogP contribution in [0.4, 0.5) is 0 Å². The maximum absolute atomic E-state index is 12.4. The van der Waals surface area contributed by atoms with Crippen LogP contribution in [0.1, 0.15) is 45.4 Å². The molecular weight excluding hydrogens is 272 g/mol. The van der Waals surface area contributed by atoms with Gasteiger partial charge in [0.05, 0.1) is 0 Å². The monoisotopic (exact) mass is 292 g/mol. The van der Waals surface area contributed by atoms with Crippen LogP contribution < -0.4 is 4.74 Å². The minimum absolute atomic E-state index is 0.104. The van der Waals surface area contributed by atoms with E-state index in [9.17, 15) is 4.79 Å². The maximum Gasteiger partial charge on any atom is 0.198 e. The summed E-state index contributed by atoms with van der Waals surface area (Å²) < 4.78 is 5.71. The molecule has 0 radical (unpaired) electrons. The quantitative estimate of drug-likeness (QED) is 0.784. The lowest BCUT2D eigenvalue weighted by atomic mass is 9.95. The lowest BCUT2D eigenvalue weighted by molar-refractivity contribution is -0.121. The molecule has 0 saturated carbocycles. The van der Waals surface area contributed by atoms with Crippen molar-refractivity contribution in [1.29, 1.82) is 0 Å². The second-order valence-electron chi connectivity index (χ2n) is 5.26. The topological polar surface area (TPSA) is 26.3 Å². The molecule has 0 N–H and O–H groups in total. The molecule has 0 aromatic heterocycles. The smallest absolute Gasteiger partial charge is 0.198 e. The van der Waals surface area contributed by atoms with Crippen molar-refractivity contribution in [2.24, 2.45) is 0 Å². The van der Waals surface area contributed by atoms with Gasteiger partial charge in [-0.15, -0.1) is 0 Å². The van der Waals surface area contributed by atoms with Crippen molar-refractivity contribution in [1.82, 2.24) is 0 Å². The first-order valence-electron chi connectivity index (χ1n) is 7.32. The number of allylic oxidation sites excluding steroid dienone is 1. The van der Waals surface area contributed by atoms with Crippen LogP contribution in [0.15, 0.2) is 35.9 Å². The Bertz CT molecular complexity index is 494. The second kappa shape index (κ2) is 7.49. The van der Waals surface area contributed by atoms with Crippen molar-refractivity contribution >= 4 is 17.4 Å². The summed E-state index contributed by atoms with van der Waals surface area (Å²) in [4.78, 5) is 12.4. The summed E-state index contributed by atoms with van der Waals surface area (Å²) in [5.41, 5.74) is 0.930. The van der Waals surface area contributed by atoms with Crippen molar-refractivity contribution in [3.8, 4) is 5.75 Å². The highest BCUT2D eigenvalue weighted by Gasteiger charge is 2.19. The highest BCUT2D eigenvalue weighted by molar-refractivity contribution is 6.30. The summed E-state index contributed by atoms with van der Waals surface area (Å²) in [7, 11) is 0. The molecule has 0 spiro atoms. The van der Waals surface area contributed by atoms with E-state index < -0.39 is 6.10 Å². The molecule has 0 aliphatic heterocycles. The van der Waals surface area contributed by atoms with Crippen LogP contribution in [-0.2, 0) is 4.79 Å². The van der Waals surface area contributed by atoms with Gasteiger partial charge in [0, 0.05) is 5.02 Å². The molecule has 108 valence electrons. The molecule has 1 aliphatic carbocycles. The van der Waals surface area contributed by atoms with Crippen LogP contribution in [0.3, 0.4) is 0 Å². The van der Waals surface area contributed by atoms with Gasteiger partial charge in [-0.05, 0) is 56.4 Å². The van der Waals surface area contributed by atoms with E-state index in [1.165, 1.54) is 19.3 Å². The molecule has 3 heteroatoms. The van der Waals surface area contributed by atoms with Crippen LogP contribution in [-0.4, -0.2) is 11.9 Å². The molecule has 20 heavy (non-hydrogen) atoms. The Hall–Kier alpha value is -1.28. The second-order valence-corrected chi connectivity index (χ2v) is 5.70. The number of rotatable bonds is 4. The van der Waals surface area contributed by atoms with Gasteiger partial charge in [0.1, 0.15) is 5.75 Å². The summed E-state index contributed by atoms with van der Waals surface area (Å²) in [6.45, 7) is 1.81. The fourth-order valence-electron chi connectivity index (χ4n) is 2.47. The van der Waals surface area contributed by atoms with Crippen LogP contribution in [0.2, 0.25) is 5.02 Å². The first-order valence-corrected chi connectivity index (χ1v) is 7.70. The Kier molecular flexibility index (Phi) is 5.66. The van der Waals surface area contributed by atoms with Gasteiger partial charge >= 0.3 is 0 Å². The molecule has 0 amide bonds. The molecule has 1 aromatic carbocycles. The van der Waals surface area contributed by atoms with Gasteiger partial charge in [-0.25, -0.2) is 0 Å². The minimum atomic E-state index is -0.459. The molecule has 0 bridgehead atoms. The number of carbonyl (C=O) groups excluding carboxylic acids is 1. The molecule has 2 rings (SSSR count). The third kappa shape index (κ3) is 4.38. The summed E-state index contributed by atoms with van der Waals surface area (Å²) in [5, 5.41) is 0.618. The van der Waals surface area contributed by atoms with E-state index in [-0.39, 0.29) is 5.78 Å². The number of benzene rings is 1. The normalized spacial score (nSPS) is 20.2. The molecular formula is C17H21ClO2. The van der Waals surface area contributed by atoms with E-state index in [1.807, 2.05) is 19.1 Å². The van der Waals surface area contributed by atoms with Crippen molar-refractivity contribution in [3.05, 3.63) is 40.9 Å². The molecule has 1 unspecified atom stereocenters. The zero-order valence-corrected chi connectivity index (χ0v) is 12.7. The van der Waals surface area contributed by atoms with Crippen LogP contribution >= 0.6 is 11.6 Å². The van der Waals surface area contributed by atoms with E-state index in [0.717, 1.165) is 24.8 Å². The van der Waals surface area contributed by atoms with E-state index >= 15 is 0 Å². The number of ketones is 1. The number of carbonyl (C=O) groups is 1. The van der Waals surface area contributed by atoms with Crippen molar-refractivity contribution < 1.29 is 9.53 Å². The third-order valence-electron chi connectivity index (χ3n) is 3.59. The molecule has 0 saturated heterocycles. The van der Waals surface area contributed by atoms with Crippen LogP contribution in [0, 0.1) is 0 Å². The Morgan fingerprint density at radius 3 is 2.85 bits per heavy atom. The molecule has 1 aromatic rings. The first-order chi connectivity index (χ1) is 9.66. The summed E-state index contributed by atoms with van der Waals surface area (Å²) >= 11 is 5.92. The van der Waals surface area contributed by atoms with Gasteiger partial charge in [0.2, 0.25) is 0 Å². The Balaban J connectivity index is 2.00. The Morgan fingerprint density at radius 1 is 1.25 bits per heavy atom. The maximum atomic E-state index is 12.4. The highest BCUT2D eigenvalue weighted by atomic mass is 35.5. The zero-order chi connectivity index (χ0) is 14.4. The van der Waals surface area contributed by atoms with Gasteiger partial charge in [-0.3, -0.25) is 4.79 Å². The van der Waals surface area contributed by atoms with E-state index in [2.05, 4.69) is 6.08 Å². The molecule has 2 nitrogen and oxygen atoms in total.